The molecule has 0 aliphatic carbocycles. The Morgan fingerprint density at radius 3 is 2.67 bits per heavy atom. The largest absolute Gasteiger partial charge is 0.612 e. The number of halogens is 1. The normalized spacial score (nSPS) is 13.2. The lowest BCUT2D eigenvalue weighted by Crippen LogP contribution is -2.28. The molecule has 0 spiro atoms. The topological polar surface area (TPSA) is 109 Å². The van der Waals surface area contributed by atoms with Crippen molar-refractivity contribution in [3.05, 3.63) is 59.0 Å². The second-order valence-corrected chi connectivity index (χ2v) is 7.64. The Kier molecular flexibility index (Phi) is 5.73. The molecule has 0 saturated carbocycles. The lowest BCUT2D eigenvalue weighted by Gasteiger charge is -2.16. The summed E-state index contributed by atoms with van der Waals surface area (Å²) in [6, 6.07) is 4.20. The predicted molar refractivity (Wildman–Crippen MR) is 101 cm³/mol. The van der Waals surface area contributed by atoms with Gasteiger partial charge in [-0.1, -0.05) is 11.6 Å². The molecule has 0 radical (unpaired) electrons. The minimum atomic E-state index is -1.25. The summed E-state index contributed by atoms with van der Waals surface area (Å²) in [6.45, 7) is 3.56. The van der Waals surface area contributed by atoms with Gasteiger partial charge in [0.05, 0.1) is 6.04 Å². The summed E-state index contributed by atoms with van der Waals surface area (Å²) in [7, 11) is 0. The first-order valence-electron chi connectivity index (χ1n) is 7.99. The third-order valence-electron chi connectivity index (χ3n) is 3.75. The number of nitrogens with one attached hydrogen (secondary N) is 1. The van der Waals surface area contributed by atoms with E-state index in [0.717, 1.165) is 0 Å². The first-order valence-corrected chi connectivity index (χ1v) is 9.93. The Bertz CT molecular complexity index is 978. The number of carbonyl (C=O) groups excluding carboxylic acids is 1. The number of hydrogen-bond acceptors (Lipinski definition) is 6. The first kappa shape index (κ1) is 19.3. The molecule has 27 heavy (non-hydrogen) atoms. The maximum atomic E-state index is 12.7. The Hall–Kier alpha value is -2.49. The predicted octanol–water partition coefficient (Wildman–Crippen LogP) is 2.25. The van der Waals surface area contributed by atoms with E-state index in [9.17, 15) is 9.35 Å². The third kappa shape index (κ3) is 4.44. The number of nitrogens with zero attached hydrogens (tertiary/aromatic N) is 5. The fourth-order valence-corrected chi connectivity index (χ4v) is 3.37. The van der Waals surface area contributed by atoms with E-state index in [4.69, 9.17) is 11.6 Å². The van der Waals surface area contributed by atoms with Gasteiger partial charge in [-0.25, -0.2) is 14.6 Å². The van der Waals surface area contributed by atoms with Crippen molar-refractivity contribution in [2.45, 2.75) is 24.8 Å². The smallest absolute Gasteiger partial charge is 0.252 e. The molecule has 10 heteroatoms. The van der Waals surface area contributed by atoms with E-state index < -0.39 is 17.2 Å². The summed E-state index contributed by atoms with van der Waals surface area (Å²) in [5.41, 5.74) is 0.860. The fraction of sp³-hybridized carbons (Fsp3) is 0.235. The Labute approximate surface area is 164 Å². The van der Waals surface area contributed by atoms with Gasteiger partial charge in [-0.05, 0) is 31.1 Å². The molecule has 2 unspecified atom stereocenters. The zero-order chi connectivity index (χ0) is 19.6. The van der Waals surface area contributed by atoms with Crippen LogP contribution in [0, 0.1) is 6.92 Å². The first-order chi connectivity index (χ1) is 12.8. The van der Waals surface area contributed by atoms with Crippen molar-refractivity contribution in [1.82, 2.24) is 30.0 Å². The molecule has 2 aromatic heterocycles. The van der Waals surface area contributed by atoms with Crippen LogP contribution in [0.15, 0.2) is 41.8 Å². The van der Waals surface area contributed by atoms with Gasteiger partial charge in [0.25, 0.3) is 5.91 Å². The van der Waals surface area contributed by atoms with Crippen molar-refractivity contribution in [1.29, 1.82) is 0 Å². The van der Waals surface area contributed by atoms with Crippen LogP contribution in [0.4, 0.5) is 0 Å². The molecule has 0 bridgehead atoms. The molecular formula is C17H17ClN6O2S. The number of carbonyl (C=O) groups is 1. The van der Waals surface area contributed by atoms with Crippen LogP contribution >= 0.6 is 11.6 Å². The standard InChI is InChI=1S/C17H17ClN6O2S/c1-10(15-16(20-5-4-19-15)24-9-21-11(2)23-24)22-17(25)12-6-13(18)8-14(7-12)27(3)26/h4-10H,1-3H3,(H,22,25). The molecule has 2 heterocycles. The van der Waals surface area contributed by atoms with Crippen molar-refractivity contribution in [2.24, 2.45) is 0 Å². The Morgan fingerprint density at radius 1 is 1.26 bits per heavy atom. The van der Waals surface area contributed by atoms with E-state index in [1.165, 1.54) is 23.3 Å². The van der Waals surface area contributed by atoms with Gasteiger partial charge < -0.3 is 9.87 Å². The summed E-state index contributed by atoms with van der Waals surface area (Å²) >= 11 is 4.80. The Balaban J connectivity index is 1.86. The van der Waals surface area contributed by atoms with Crippen LogP contribution in [-0.4, -0.2) is 41.4 Å². The average Bonchev–Trinajstić information content (AvgIpc) is 3.07. The molecule has 140 valence electrons. The minimum absolute atomic E-state index is 0.321. The van der Waals surface area contributed by atoms with Crippen LogP contribution in [0.3, 0.4) is 0 Å². The van der Waals surface area contributed by atoms with Crippen molar-refractivity contribution < 1.29 is 9.35 Å². The van der Waals surface area contributed by atoms with Gasteiger partial charge in [0.1, 0.15) is 24.1 Å². The van der Waals surface area contributed by atoms with Crippen LogP contribution in [-0.2, 0) is 11.2 Å². The van der Waals surface area contributed by atoms with Crippen LogP contribution < -0.4 is 5.32 Å². The van der Waals surface area contributed by atoms with E-state index in [-0.39, 0.29) is 5.91 Å². The van der Waals surface area contributed by atoms with E-state index in [2.05, 4.69) is 25.4 Å². The SMILES string of the molecule is Cc1ncn(-c2nccnc2C(C)NC(=O)c2cc(Cl)cc([S+](C)[O-])c2)n1. The third-order valence-corrected chi connectivity index (χ3v) is 4.87. The number of aryl methyl sites for hydroxylation is 1. The van der Waals surface area contributed by atoms with E-state index in [1.807, 2.05) is 0 Å². The number of aromatic nitrogens is 5. The zero-order valence-corrected chi connectivity index (χ0v) is 16.5. The molecule has 1 aromatic carbocycles. The highest BCUT2D eigenvalue weighted by Gasteiger charge is 2.20. The van der Waals surface area contributed by atoms with Gasteiger partial charge in [0.2, 0.25) is 0 Å². The van der Waals surface area contributed by atoms with Crippen molar-refractivity contribution in [3.63, 3.8) is 0 Å². The maximum Gasteiger partial charge on any atom is 0.252 e. The van der Waals surface area contributed by atoms with Gasteiger partial charge in [0.15, 0.2) is 10.7 Å². The van der Waals surface area contributed by atoms with Gasteiger partial charge >= 0.3 is 0 Å². The molecule has 1 amide bonds. The van der Waals surface area contributed by atoms with Gasteiger partial charge in [-0.3, -0.25) is 9.78 Å². The second kappa shape index (κ2) is 8.03. The number of hydrogen-bond donors (Lipinski definition) is 1. The van der Waals surface area contributed by atoms with E-state index >= 15 is 0 Å². The molecule has 1 N–H and O–H groups in total. The van der Waals surface area contributed by atoms with Gasteiger partial charge in [-0.15, -0.1) is 0 Å². The molecule has 0 fully saturated rings. The fourth-order valence-electron chi connectivity index (χ4n) is 2.48. The number of rotatable bonds is 5. The molecule has 3 aromatic rings. The summed E-state index contributed by atoms with van der Waals surface area (Å²) in [5, 5.41) is 7.45. The maximum absolute atomic E-state index is 12.7. The highest BCUT2D eigenvalue weighted by Crippen LogP contribution is 2.21. The Morgan fingerprint density at radius 2 is 2.00 bits per heavy atom. The molecule has 8 nitrogen and oxygen atoms in total. The van der Waals surface area contributed by atoms with Crippen molar-refractivity contribution in [2.75, 3.05) is 6.26 Å². The van der Waals surface area contributed by atoms with E-state index in [1.54, 1.807) is 38.4 Å². The van der Waals surface area contributed by atoms with Crippen LogP contribution in [0.25, 0.3) is 5.82 Å². The average molecular weight is 405 g/mol. The molecule has 2 atom stereocenters. The van der Waals surface area contributed by atoms with Gasteiger partial charge in [-0.2, -0.15) is 5.10 Å². The number of amides is 1. The summed E-state index contributed by atoms with van der Waals surface area (Å²) in [5.74, 6) is 0.720. The zero-order valence-electron chi connectivity index (χ0n) is 14.9. The minimum Gasteiger partial charge on any atom is -0.612 e. The monoisotopic (exact) mass is 404 g/mol. The quantitative estimate of drug-likeness (QED) is 0.653. The molecular weight excluding hydrogens is 388 g/mol. The number of benzene rings is 1. The summed E-state index contributed by atoms with van der Waals surface area (Å²) in [6.07, 6.45) is 6.16. The van der Waals surface area contributed by atoms with Crippen LogP contribution in [0.2, 0.25) is 5.02 Å². The van der Waals surface area contributed by atoms with Crippen molar-refractivity contribution >= 4 is 28.7 Å². The highest BCUT2D eigenvalue weighted by atomic mass is 35.5. The van der Waals surface area contributed by atoms with Gasteiger partial charge in [0, 0.05) is 35.1 Å². The molecule has 0 aliphatic rings. The summed E-state index contributed by atoms with van der Waals surface area (Å²) < 4.78 is 13.2. The van der Waals surface area contributed by atoms with Crippen LogP contribution in [0.1, 0.15) is 34.8 Å². The lowest BCUT2D eigenvalue weighted by atomic mass is 10.1. The van der Waals surface area contributed by atoms with Crippen LogP contribution in [0.5, 0.6) is 0 Å². The second-order valence-electron chi connectivity index (χ2n) is 5.83. The molecule has 3 rings (SSSR count). The summed E-state index contributed by atoms with van der Waals surface area (Å²) in [4.78, 5) is 25.9. The van der Waals surface area contributed by atoms with Crippen molar-refractivity contribution in [3.8, 4) is 5.82 Å². The highest BCUT2D eigenvalue weighted by molar-refractivity contribution is 7.90. The lowest BCUT2D eigenvalue weighted by molar-refractivity contribution is 0.0939. The molecule has 0 saturated heterocycles. The molecule has 0 aliphatic heterocycles. The van der Waals surface area contributed by atoms with E-state index in [0.29, 0.717) is 32.8 Å².